The van der Waals surface area contributed by atoms with Crippen LogP contribution in [0.15, 0.2) is 18.2 Å². The molecule has 1 rings (SSSR count). The van der Waals surface area contributed by atoms with Crippen molar-refractivity contribution < 1.29 is 13.9 Å². The van der Waals surface area contributed by atoms with E-state index in [4.69, 9.17) is 9.47 Å². The van der Waals surface area contributed by atoms with Crippen molar-refractivity contribution >= 4 is 0 Å². The molecule has 0 aliphatic heterocycles. The topological polar surface area (TPSA) is 30.5 Å². The molecular formula is C13H20FNO2. The van der Waals surface area contributed by atoms with Crippen LogP contribution in [0.1, 0.15) is 25.5 Å². The van der Waals surface area contributed by atoms with Gasteiger partial charge in [0.15, 0.2) is 0 Å². The number of methoxy groups -OCH3 is 1. The van der Waals surface area contributed by atoms with E-state index in [2.05, 4.69) is 5.32 Å². The van der Waals surface area contributed by atoms with Crippen molar-refractivity contribution in [3.63, 3.8) is 0 Å². The Morgan fingerprint density at radius 2 is 2.12 bits per heavy atom. The van der Waals surface area contributed by atoms with Crippen molar-refractivity contribution in [3.8, 4) is 5.75 Å². The molecule has 1 unspecified atom stereocenters. The zero-order chi connectivity index (χ0) is 12.7. The summed E-state index contributed by atoms with van der Waals surface area (Å²) in [4.78, 5) is 0. The standard InChI is InChI=1S/C13H20FNO2/c1-4-15-10(2)12-6-5-11(9-13(12)14)17-8-7-16-3/h5-6,9-10,15H,4,7-8H2,1-3H3. The summed E-state index contributed by atoms with van der Waals surface area (Å²) in [6.07, 6.45) is 0. The summed E-state index contributed by atoms with van der Waals surface area (Å²) >= 11 is 0. The highest BCUT2D eigenvalue weighted by atomic mass is 19.1. The largest absolute Gasteiger partial charge is 0.491 e. The second-order valence-corrected chi connectivity index (χ2v) is 3.80. The van der Waals surface area contributed by atoms with Crippen LogP contribution in [-0.4, -0.2) is 26.9 Å². The molecule has 0 heterocycles. The summed E-state index contributed by atoms with van der Waals surface area (Å²) in [7, 11) is 1.60. The third kappa shape index (κ3) is 4.32. The van der Waals surface area contributed by atoms with Gasteiger partial charge in [-0.15, -0.1) is 0 Å². The van der Waals surface area contributed by atoms with Gasteiger partial charge in [-0.05, 0) is 19.5 Å². The molecule has 17 heavy (non-hydrogen) atoms. The van der Waals surface area contributed by atoms with Gasteiger partial charge in [-0.3, -0.25) is 0 Å². The average molecular weight is 241 g/mol. The lowest BCUT2D eigenvalue weighted by atomic mass is 10.1. The highest BCUT2D eigenvalue weighted by Crippen LogP contribution is 2.21. The van der Waals surface area contributed by atoms with Gasteiger partial charge < -0.3 is 14.8 Å². The molecule has 1 aromatic rings. The maximum atomic E-state index is 13.8. The normalized spacial score (nSPS) is 12.5. The number of benzene rings is 1. The van der Waals surface area contributed by atoms with Crippen molar-refractivity contribution in [2.75, 3.05) is 26.9 Å². The number of nitrogens with one attached hydrogen (secondary N) is 1. The molecule has 0 saturated heterocycles. The van der Waals surface area contributed by atoms with E-state index in [1.165, 1.54) is 6.07 Å². The first kappa shape index (κ1) is 13.9. The van der Waals surface area contributed by atoms with Crippen LogP contribution < -0.4 is 10.1 Å². The first-order chi connectivity index (χ1) is 8.19. The molecule has 0 fully saturated rings. The van der Waals surface area contributed by atoms with Crippen molar-refractivity contribution in [2.45, 2.75) is 19.9 Å². The quantitative estimate of drug-likeness (QED) is 0.744. The summed E-state index contributed by atoms with van der Waals surface area (Å²) in [6.45, 7) is 5.67. The predicted molar refractivity (Wildman–Crippen MR) is 65.9 cm³/mol. The van der Waals surface area contributed by atoms with Crippen molar-refractivity contribution in [1.82, 2.24) is 5.32 Å². The first-order valence-electron chi connectivity index (χ1n) is 5.83. The molecule has 1 N–H and O–H groups in total. The van der Waals surface area contributed by atoms with Gasteiger partial charge in [0.1, 0.15) is 18.2 Å². The molecular weight excluding hydrogens is 221 g/mol. The van der Waals surface area contributed by atoms with E-state index < -0.39 is 0 Å². The maximum absolute atomic E-state index is 13.8. The molecule has 96 valence electrons. The van der Waals surface area contributed by atoms with E-state index >= 15 is 0 Å². The average Bonchev–Trinajstić information content (AvgIpc) is 2.29. The highest BCUT2D eigenvalue weighted by Gasteiger charge is 2.10. The zero-order valence-electron chi connectivity index (χ0n) is 10.6. The molecule has 1 atom stereocenters. The Morgan fingerprint density at radius 1 is 1.35 bits per heavy atom. The van der Waals surface area contributed by atoms with Crippen LogP contribution >= 0.6 is 0 Å². The Kier molecular flexibility index (Phi) is 5.94. The van der Waals surface area contributed by atoms with Gasteiger partial charge in [0.2, 0.25) is 0 Å². The van der Waals surface area contributed by atoms with Crippen LogP contribution in [0.2, 0.25) is 0 Å². The fraction of sp³-hybridized carbons (Fsp3) is 0.538. The predicted octanol–water partition coefficient (Wildman–Crippen LogP) is 2.52. The molecule has 0 amide bonds. The summed E-state index contributed by atoms with van der Waals surface area (Å²) in [5, 5.41) is 3.17. The van der Waals surface area contributed by atoms with Crippen molar-refractivity contribution in [3.05, 3.63) is 29.6 Å². The first-order valence-corrected chi connectivity index (χ1v) is 5.83. The maximum Gasteiger partial charge on any atom is 0.131 e. The van der Waals surface area contributed by atoms with Gasteiger partial charge in [-0.1, -0.05) is 13.0 Å². The summed E-state index contributed by atoms with van der Waals surface area (Å²) in [5.41, 5.74) is 0.658. The highest BCUT2D eigenvalue weighted by molar-refractivity contribution is 5.30. The van der Waals surface area contributed by atoms with E-state index in [9.17, 15) is 4.39 Å². The van der Waals surface area contributed by atoms with E-state index in [0.717, 1.165) is 6.54 Å². The van der Waals surface area contributed by atoms with Gasteiger partial charge in [0.25, 0.3) is 0 Å². The smallest absolute Gasteiger partial charge is 0.131 e. The number of hydrogen-bond acceptors (Lipinski definition) is 3. The summed E-state index contributed by atoms with van der Waals surface area (Å²) < 4.78 is 24.0. The molecule has 0 spiro atoms. The number of hydrogen-bond donors (Lipinski definition) is 1. The minimum absolute atomic E-state index is 0.00743. The lowest BCUT2D eigenvalue weighted by Gasteiger charge is -2.14. The van der Waals surface area contributed by atoms with Crippen molar-refractivity contribution in [1.29, 1.82) is 0 Å². The second-order valence-electron chi connectivity index (χ2n) is 3.80. The van der Waals surface area contributed by atoms with Crippen LogP contribution in [0, 0.1) is 5.82 Å². The third-order valence-corrected chi connectivity index (χ3v) is 2.50. The lowest BCUT2D eigenvalue weighted by molar-refractivity contribution is 0.146. The van der Waals surface area contributed by atoms with Gasteiger partial charge in [-0.2, -0.15) is 0 Å². The molecule has 0 aliphatic carbocycles. The zero-order valence-corrected chi connectivity index (χ0v) is 10.6. The Balaban J connectivity index is 2.65. The number of ether oxygens (including phenoxy) is 2. The Labute approximate surface area is 102 Å². The number of halogens is 1. The molecule has 0 saturated carbocycles. The van der Waals surface area contributed by atoms with Gasteiger partial charge >= 0.3 is 0 Å². The Bertz CT molecular complexity index is 344. The monoisotopic (exact) mass is 241 g/mol. The van der Waals surface area contributed by atoms with Crippen LogP contribution in [0.3, 0.4) is 0 Å². The van der Waals surface area contributed by atoms with E-state index in [1.807, 2.05) is 13.8 Å². The summed E-state index contributed by atoms with van der Waals surface area (Å²) in [6, 6.07) is 4.96. The minimum Gasteiger partial charge on any atom is -0.491 e. The third-order valence-electron chi connectivity index (χ3n) is 2.50. The van der Waals surface area contributed by atoms with Gasteiger partial charge in [0.05, 0.1) is 6.61 Å². The van der Waals surface area contributed by atoms with Crippen LogP contribution in [0.4, 0.5) is 4.39 Å². The number of rotatable bonds is 7. The minimum atomic E-state index is -0.242. The summed E-state index contributed by atoms with van der Waals surface area (Å²) in [5.74, 6) is 0.292. The van der Waals surface area contributed by atoms with E-state index in [1.54, 1.807) is 19.2 Å². The molecule has 1 aromatic carbocycles. The van der Waals surface area contributed by atoms with Crippen molar-refractivity contribution in [2.24, 2.45) is 0 Å². The van der Waals surface area contributed by atoms with Crippen LogP contribution in [0.25, 0.3) is 0 Å². The molecule has 0 bridgehead atoms. The molecule has 4 heteroatoms. The van der Waals surface area contributed by atoms with E-state index in [0.29, 0.717) is 24.5 Å². The fourth-order valence-corrected chi connectivity index (χ4v) is 1.61. The van der Waals surface area contributed by atoms with Gasteiger partial charge in [0, 0.05) is 24.8 Å². The van der Waals surface area contributed by atoms with Crippen LogP contribution in [0.5, 0.6) is 5.75 Å². The SMILES string of the molecule is CCNC(C)c1ccc(OCCOC)cc1F. The molecule has 0 aliphatic rings. The van der Waals surface area contributed by atoms with Gasteiger partial charge in [-0.25, -0.2) is 4.39 Å². The molecule has 0 radical (unpaired) electrons. The van der Waals surface area contributed by atoms with Crippen LogP contribution in [-0.2, 0) is 4.74 Å². The lowest BCUT2D eigenvalue weighted by Crippen LogP contribution is -2.18. The second kappa shape index (κ2) is 7.25. The molecule has 3 nitrogen and oxygen atoms in total. The Morgan fingerprint density at radius 3 is 2.71 bits per heavy atom. The fourth-order valence-electron chi connectivity index (χ4n) is 1.61. The van der Waals surface area contributed by atoms with E-state index in [-0.39, 0.29) is 11.9 Å². The molecule has 0 aromatic heterocycles. The Hall–Kier alpha value is -1.13.